The lowest BCUT2D eigenvalue weighted by molar-refractivity contribution is -0.497. The highest BCUT2D eigenvalue weighted by molar-refractivity contribution is 5.96. The maximum atomic E-state index is 11.9. The summed E-state index contributed by atoms with van der Waals surface area (Å²) in [4.78, 5) is 22.1. The summed E-state index contributed by atoms with van der Waals surface area (Å²) in [5, 5.41) is 18.7. The van der Waals surface area contributed by atoms with E-state index in [9.17, 15) is 14.9 Å². The van der Waals surface area contributed by atoms with Gasteiger partial charge in [0.2, 0.25) is 11.9 Å². The molecule has 1 N–H and O–H groups in total. The molecular weight excluding hydrogens is 272 g/mol. The van der Waals surface area contributed by atoms with Gasteiger partial charge < -0.3 is 5.32 Å². The Morgan fingerprint density at radius 2 is 2.29 bits per heavy atom. The van der Waals surface area contributed by atoms with Crippen molar-refractivity contribution in [2.24, 2.45) is 5.92 Å². The van der Waals surface area contributed by atoms with Gasteiger partial charge in [0.1, 0.15) is 5.92 Å². The number of rotatable bonds is 4. The molecule has 1 aromatic carbocycles. The highest BCUT2D eigenvalue weighted by atomic mass is 16.6. The Morgan fingerprint density at radius 3 is 2.90 bits per heavy atom. The van der Waals surface area contributed by atoms with E-state index in [2.05, 4.69) is 10.4 Å². The number of hydrogen-bond donors (Lipinski definition) is 1. The summed E-state index contributed by atoms with van der Waals surface area (Å²) in [6.07, 6.45) is 2.25. The Labute approximate surface area is 121 Å². The fourth-order valence-electron chi connectivity index (χ4n) is 2.32. The lowest BCUT2D eigenvalue weighted by Crippen LogP contribution is -2.18. The lowest BCUT2D eigenvalue weighted by Gasteiger charge is -2.03. The quantitative estimate of drug-likeness (QED) is 0.690. The van der Waals surface area contributed by atoms with E-state index in [1.165, 1.54) is 0 Å². The van der Waals surface area contributed by atoms with Crippen LogP contribution in [0.25, 0.3) is 10.9 Å². The smallest absolute Gasteiger partial charge is 0.234 e. The van der Waals surface area contributed by atoms with E-state index >= 15 is 0 Å². The molecular formula is C14H16N4O3. The monoisotopic (exact) mass is 288 g/mol. The average Bonchev–Trinajstić information content (AvgIpc) is 3.12. The first kappa shape index (κ1) is 13.5. The fourth-order valence-corrected chi connectivity index (χ4v) is 2.32. The van der Waals surface area contributed by atoms with Crippen LogP contribution in [0.2, 0.25) is 0 Å². The molecule has 1 aliphatic carbocycles. The van der Waals surface area contributed by atoms with E-state index in [-0.39, 0.29) is 16.9 Å². The van der Waals surface area contributed by atoms with Gasteiger partial charge in [-0.2, -0.15) is 5.10 Å². The zero-order chi connectivity index (χ0) is 15.1. The SMILES string of the molecule is CC(C)n1cc2cc(NC(=O)[C@H]3C[C@@H]3[N+](=O)[O-])ccc2n1. The molecule has 2 aromatic rings. The van der Waals surface area contributed by atoms with Gasteiger partial charge in [0.25, 0.3) is 0 Å². The number of benzene rings is 1. The van der Waals surface area contributed by atoms with Crippen LogP contribution in [0.5, 0.6) is 0 Å². The maximum absolute atomic E-state index is 11.9. The predicted molar refractivity (Wildman–Crippen MR) is 77.6 cm³/mol. The van der Waals surface area contributed by atoms with Crippen molar-refractivity contribution >= 4 is 22.5 Å². The standard InChI is InChI=1S/C14H16N4O3/c1-8(2)17-7-9-5-10(3-4-12(9)16-17)15-14(19)11-6-13(11)18(20)21/h3-5,7-8,11,13H,6H2,1-2H3,(H,15,19)/t11-,13-/m0/s1. The van der Waals surface area contributed by atoms with Gasteiger partial charge in [-0.15, -0.1) is 0 Å². The lowest BCUT2D eigenvalue weighted by atomic mass is 10.2. The summed E-state index contributed by atoms with van der Waals surface area (Å²) in [5.41, 5.74) is 1.50. The van der Waals surface area contributed by atoms with Crippen LogP contribution in [-0.4, -0.2) is 26.7 Å². The molecule has 0 saturated heterocycles. The van der Waals surface area contributed by atoms with Gasteiger partial charge in [-0.25, -0.2) is 0 Å². The molecule has 1 heterocycles. The third kappa shape index (κ3) is 2.58. The summed E-state index contributed by atoms with van der Waals surface area (Å²) in [6.45, 7) is 4.08. The number of fused-ring (bicyclic) bond motifs is 1. The number of nitro groups is 1. The summed E-state index contributed by atoms with van der Waals surface area (Å²) >= 11 is 0. The van der Waals surface area contributed by atoms with Crippen LogP contribution in [0.3, 0.4) is 0 Å². The number of amides is 1. The normalized spacial score (nSPS) is 20.7. The molecule has 7 nitrogen and oxygen atoms in total. The van der Waals surface area contributed by atoms with Crippen molar-refractivity contribution in [3.63, 3.8) is 0 Å². The molecule has 110 valence electrons. The largest absolute Gasteiger partial charge is 0.326 e. The highest BCUT2D eigenvalue weighted by Gasteiger charge is 2.53. The van der Waals surface area contributed by atoms with E-state index in [0.29, 0.717) is 12.1 Å². The maximum Gasteiger partial charge on any atom is 0.234 e. The third-order valence-electron chi connectivity index (χ3n) is 3.68. The zero-order valence-electron chi connectivity index (χ0n) is 11.8. The van der Waals surface area contributed by atoms with Crippen LogP contribution < -0.4 is 5.32 Å². The summed E-state index contributed by atoms with van der Waals surface area (Å²) in [5.74, 6) is -0.790. The van der Waals surface area contributed by atoms with Gasteiger partial charge in [-0.1, -0.05) is 0 Å². The second-order valence-electron chi connectivity index (χ2n) is 5.66. The summed E-state index contributed by atoms with van der Waals surface area (Å²) in [7, 11) is 0. The van der Waals surface area contributed by atoms with Crippen molar-refractivity contribution in [2.45, 2.75) is 32.4 Å². The molecule has 1 amide bonds. The predicted octanol–water partition coefficient (Wildman–Crippen LogP) is 2.22. The minimum Gasteiger partial charge on any atom is -0.326 e. The number of carbonyl (C=O) groups excluding carboxylic acids is 1. The number of anilines is 1. The Morgan fingerprint density at radius 1 is 1.52 bits per heavy atom. The number of aromatic nitrogens is 2. The topological polar surface area (TPSA) is 90.1 Å². The van der Waals surface area contributed by atoms with Crippen LogP contribution in [0.15, 0.2) is 24.4 Å². The fraction of sp³-hybridized carbons (Fsp3) is 0.429. The Kier molecular flexibility index (Phi) is 3.12. The van der Waals surface area contributed by atoms with E-state index in [0.717, 1.165) is 10.9 Å². The Bertz CT molecular complexity index is 722. The summed E-state index contributed by atoms with van der Waals surface area (Å²) in [6, 6.07) is 4.98. The number of nitrogens with zero attached hydrogens (tertiary/aromatic N) is 3. The second kappa shape index (κ2) is 4.83. The average molecular weight is 288 g/mol. The molecule has 0 spiro atoms. The first-order valence-corrected chi connectivity index (χ1v) is 6.89. The van der Waals surface area contributed by atoms with E-state index in [4.69, 9.17) is 0 Å². The first-order chi connectivity index (χ1) is 9.95. The molecule has 1 saturated carbocycles. The minimum absolute atomic E-state index is 0.266. The van der Waals surface area contributed by atoms with Crippen molar-refractivity contribution in [1.82, 2.24) is 9.78 Å². The first-order valence-electron chi connectivity index (χ1n) is 6.89. The van der Waals surface area contributed by atoms with E-state index in [1.807, 2.05) is 36.9 Å². The van der Waals surface area contributed by atoms with Crippen molar-refractivity contribution < 1.29 is 9.72 Å². The van der Waals surface area contributed by atoms with Gasteiger partial charge >= 0.3 is 0 Å². The van der Waals surface area contributed by atoms with Gasteiger partial charge in [-0.3, -0.25) is 19.6 Å². The Hall–Kier alpha value is -2.44. The molecule has 2 atom stereocenters. The van der Waals surface area contributed by atoms with Crippen molar-refractivity contribution in [3.8, 4) is 0 Å². The molecule has 3 rings (SSSR count). The molecule has 7 heteroatoms. The molecule has 21 heavy (non-hydrogen) atoms. The van der Waals surface area contributed by atoms with Crippen LogP contribution in [0.1, 0.15) is 26.3 Å². The second-order valence-corrected chi connectivity index (χ2v) is 5.66. The number of hydrogen-bond acceptors (Lipinski definition) is 4. The van der Waals surface area contributed by atoms with Gasteiger partial charge in [0.05, 0.1) is 5.52 Å². The van der Waals surface area contributed by atoms with Crippen molar-refractivity contribution in [1.29, 1.82) is 0 Å². The highest BCUT2D eigenvalue weighted by Crippen LogP contribution is 2.34. The van der Waals surface area contributed by atoms with Crippen molar-refractivity contribution in [2.75, 3.05) is 5.32 Å². The molecule has 0 unspecified atom stereocenters. The van der Waals surface area contributed by atoms with Gasteiger partial charge in [0, 0.05) is 34.7 Å². The number of carbonyl (C=O) groups is 1. The molecule has 0 radical (unpaired) electrons. The summed E-state index contributed by atoms with van der Waals surface area (Å²) < 4.78 is 1.86. The molecule has 0 bridgehead atoms. The van der Waals surface area contributed by atoms with Crippen LogP contribution >= 0.6 is 0 Å². The van der Waals surface area contributed by atoms with Crippen LogP contribution in [0, 0.1) is 16.0 Å². The van der Waals surface area contributed by atoms with Crippen LogP contribution in [0.4, 0.5) is 5.69 Å². The van der Waals surface area contributed by atoms with E-state index < -0.39 is 12.0 Å². The molecule has 1 fully saturated rings. The minimum atomic E-state index is -0.725. The van der Waals surface area contributed by atoms with Crippen molar-refractivity contribution in [3.05, 3.63) is 34.5 Å². The Balaban J connectivity index is 1.75. The van der Waals surface area contributed by atoms with E-state index in [1.54, 1.807) is 6.07 Å². The van der Waals surface area contributed by atoms with Crippen LogP contribution in [-0.2, 0) is 4.79 Å². The van der Waals surface area contributed by atoms with Gasteiger partial charge in [-0.05, 0) is 32.0 Å². The molecule has 1 aliphatic rings. The molecule has 0 aliphatic heterocycles. The molecule has 1 aromatic heterocycles. The third-order valence-corrected chi connectivity index (χ3v) is 3.68. The number of nitrogens with one attached hydrogen (secondary N) is 1. The van der Waals surface area contributed by atoms with Gasteiger partial charge in [0.15, 0.2) is 0 Å². The zero-order valence-corrected chi connectivity index (χ0v) is 11.8.